The average Bonchev–Trinajstić information content (AvgIpc) is 2.33. The molecular weight excluding hydrogens is 373 g/mol. The summed E-state index contributed by atoms with van der Waals surface area (Å²) in [5.41, 5.74) is 0. The fraction of sp³-hybridized carbons (Fsp3) is 0.769. The van der Waals surface area contributed by atoms with E-state index in [1.54, 1.807) is 20.9 Å². The van der Waals surface area contributed by atoms with E-state index in [9.17, 15) is 14.4 Å². The molecule has 0 radical (unpaired) electrons. The van der Waals surface area contributed by atoms with E-state index in [0.717, 1.165) is 0 Å². The van der Waals surface area contributed by atoms with E-state index >= 15 is 0 Å². The number of Topliss-reactive ketones (excluding diaryl/α,β-unsaturated/α-hetero) is 1. The SMILES string of the molecule is CNCCNC(=O)[C@H](CC(=O)C(C)(C)I)N(C)C(C)=O. The molecule has 20 heavy (non-hydrogen) atoms. The van der Waals surface area contributed by atoms with Gasteiger partial charge in [0.2, 0.25) is 11.8 Å². The molecule has 7 heteroatoms. The van der Waals surface area contributed by atoms with Gasteiger partial charge in [-0.2, -0.15) is 0 Å². The quantitative estimate of drug-likeness (QED) is 0.352. The van der Waals surface area contributed by atoms with Gasteiger partial charge in [0.15, 0.2) is 5.78 Å². The molecule has 0 saturated heterocycles. The van der Waals surface area contributed by atoms with Crippen LogP contribution in [0.4, 0.5) is 0 Å². The molecule has 0 aliphatic heterocycles. The van der Waals surface area contributed by atoms with Gasteiger partial charge in [0.05, 0.1) is 3.42 Å². The molecule has 0 fully saturated rings. The Morgan fingerprint density at radius 3 is 2.20 bits per heavy atom. The molecule has 0 aliphatic carbocycles. The van der Waals surface area contributed by atoms with E-state index in [1.807, 2.05) is 22.6 Å². The first-order chi connectivity index (χ1) is 9.11. The molecule has 0 aromatic carbocycles. The number of amides is 2. The summed E-state index contributed by atoms with van der Waals surface area (Å²) in [6, 6.07) is -0.758. The third-order valence-electron chi connectivity index (χ3n) is 2.98. The molecule has 0 saturated carbocycles. The van der Waals surface area contributed by atoms with E-state index < -0.39 is 9.46 Å². The van der Waals surface area contributed by atoms with Crippen molar-refractivity contribution in [2.75, 3.05) is 27.2 Å². The average molecular weight is 397 g/mol. The molecule has 0 rings (SSSR count). The number of likely N-dealkylation sites (N-methyl/N-ethyl adjacent to an activating group) is 2. The van der Waals surface area contributed by atoms with Crippen LogP contribution in [0.25, 0.3) is 0 Å². The first-order valence-electron chi connectivity index (χ1n) is 6.49. The van der Waals surface area contributed by atoms with Gasteiger partial charge < -0.3 is 15.5 Å². The molecule has 0 unspecified atom stereocenters. The van der Waals surface area contributed by atoms with Crippen LogP contribution in [0, 0.1) is 0 Å². The van der Waals surface area contributed by atoms with Crippen molar-refractivity contribution in [2.45, 2.75) is 36.7 Å². The molecule has 0 aliphatic rings. The van der Waals surface area contributed by atoms with Crippen molar-refractivity contribution in [3.8, 4) is 0 Å². The predicted molar refractivity (Wildman–Crippen MR) is 86.9 cm³/mol. The molecule has 116 valence electrons. The van der Waals surface area contributed by atoms with Crippen LogP contribution >= 0.6 is 22.6 Å². The highest BCUT2D eigenvalue weighted by Crippen LogP contribution is 2.21. The van der Waals surface area contributed by atoms with Gasteiger partial charge in [0, 0.05) is 33.5 Å². The molecule has 2 N–H and O–H groups in total. The maximum Gasteiger partial charge on any atom is 0.243 e. The second kappa shape index (κ2) is 8.56. The van der Waals surface area contributed by atoms with Gasteiger partial charge in [-0.1, -0.05) is 22.6 Å². The van der Waals surface area contributed by atoms with Crippen molar-refractivity contribution < 1.29 is 14.4 Å². The molecule has 0 aromatic heterocycles. The molecule has 1 atom stereocenters. The lowest BCUT2D eigenvalue weighted by Crippen LogP contribution is -2.50. The zero-order valence-electron chi connectivity index (χ0n) is 12.7. The van der Waals surface area contributed by atoms with Gasteiger partial charge in [-0.3, -0.25) is 14.4 Å². The third-order valence-corrected chi connectivity index (χ3v) is 3.58. The monoisotopic (exact) mass is 397 g/mol. The summed E-state index contributed by atoms with van der Waals surface area (Å²) in [5, 5.41) is 5.64. The van der Waals surface area contributed by atoms with Crippen LogP contribution in [0.5, 0.6) is 0 Å². The summed E-state index contributed by atoms with van der Waals surface area (Å²) in [4.78, 5) is 37.0. The van der Waals surface area contributed by atoms with Gasteiger partial charge >= 0.3 is 0 Å². The molecule has 0 bridgehead atoms. The minimum Gasteiger partial charge on any atom is -0.353 e. The van der Waals surface area contributed by atoms with Crippen LogP contribution in [0.2, 0.25) is 0 Å². The molecular formula is C13H24IN3O3. The number of hydrogen-bond acceptors (Lipinski definition) is 4. The second-order valence-corrected chi connectivity index (χ2v) is 7.84. The van der Waals surface area contributed by atoms with Crippen molar-refractivity contribution in [3.63, 3.8) is 0 Å². The number of nitrogens with zero attached hydrogens (tertiary/aromatic N) is 1. The number of rotatable bonds is 8. The third kappa shape index (κ3) is 6.65. The highest BCUT2D eigenvalue weighted by Gasteiger charge is 2.32. The van der Waals surface area contributed by atoms with Crippen molar-refractivity contribution in [1.29, 1.82) is 0 Å². The first-order valence-corrected chi connectivity index (χ1v) is 7.57. The summed E-state index contributed by atoms with van der Waals surface area (Å²) in [7, 11) is 3.32. The Hall–Kier alpha value is -0.700. The Labute approximate surface area is 134 Å². The summed E-state index contributed by atoms with van der Waals surface area (Å²) in [5.74, 6) is -0.593. The predicted octanol–water partition coefficient (Wildman–Crippen LogP) is 0.342. The van der Waals surface area contributed by atoms with Crippen molar-refractivity contribution in [2.24, 2.45) is 0 Å². The van der Waals surface area contributed by atoms with E-state index in [1.165, 1.54) is 18.9 Å². The Morgan fingerprint density at radius 1 is 1.25 bits per heavy atom. The fourth-order valence-corrected chi connectivity index (χ4v) is 1.69. The van der Waals surface area contributed by atoms with Gasteiger partial charge in [-0.15, -0.1) is 0 Å². The Bertz CT molecular complexity index is 366. The number of halogens is 1. The standard InChI is InChI=1S/C13H24IN3O3/c1-9(18)17(5)10(8-11(19)13(2,3)14)12(20)16-7-6-15-4/h10,15H,6-8H2,1-5H3,(H,16,20)/t10-/m0/s1. The van der Waals surface area contributed by atoms with E-state index in [-0.39, 0.29) is 24.0 Å². The number of hydrogen-bond donors (Lipinski definition) is 2. The highest BCUT2D eigenvalue weighted by molar-refractivity contribution is 14.1. The second-order valence-electron chi connectivity index (χ2n) is 5.14. The van der Waals surface area contributed by atoms with E-state index in [4.69, 9.17) is 0 Å². The Balaban J connectivity index is 4.86. The summed E-state index contributed by atoms with van der Waals surface area (Å²) >= 11 is 2.04. The number of ketones is 1. The van der Waals surface area contributed by atoms with Gasteiger partial charge in [0.1, 0.15) is 6.04 Å². The van der Waals surface area contributed by atoms with Crippen molar-refractivity contribution in [1.82, 2.24) is 15.5 Å². The van der Waals surface area contributed by atoms with Crippen LogP contribution in [0.15, 0.2) is 0 Å². The highest BCUT2D eigenvalue weighted by atomic mass is 127. The minimum absolute atomic E-state index is 0.0252. The molecule has 2 amide bonds. The molecule has 0 aromatic rings. The van der Waals surface area contributed by atoms with Crippen molar-refractivity contribution >= 4 is 40.2 Å². The number of nitrogens with one attached hydrogen (secondary N) is 2. The van der Waals surface area contributed by atoms with Gasteiger partial charge in [0.25, 0.3) is 0 Å². The lowest BCUT2D eigenvalue weighted by atomic mass is 10.00. The fourth-order valence-electron chi connectivity index (χ4n) is 1.47. The van der Waals surface area contributed by atoms with Gasteiger partial charge in [-0.05, 0) is 20.9 Å². The minimum atomic E-state index is -0.758. The summed E-state index contributed by atoms with van der Waals surface area (Å²) < 4.78 is -0.557. The lowest BCUT2D eigenvalue weighted by molar-refractivity contribution is -0.139. The Kier molecular flexibility index (Phi) is 8.26. The molecule has 0 heterocycles. The van der Waals surface area contributed by atoms with Crippen LogP contribution in [-0.2, 0) is 14.4 Å². The van der Waals surface area contributed by atoms with E-state index in [0.29, 0.717) is 13.1 Å². The number of alkyl halides is 1. The largest absolute Gasteiger partial charge is 0.353 e. The van der Waals surface area contributed by atoms with Crippen LogP contribution in [0.3, 0.4) is 0 Å². The number of carbonyl (C=O) groups excluding carboxylic acids is 3. The maximum absolute atomic E-state index is 12.1. The normalized spacial score (nSPS) is 12.7. The van der Waals surface area contributed by atoms with E-state index in [2.05, 4.69) is 10.6 Å². The summed E-state index contributed by atoms with van der Waals surface area (Å²) in [6.45, 7) is 6.06. The maximum atomic E-state index is 12.1. The van der Waals surface area contributed by atoms with Crippen LogP contribution in [-0.4, -0.2) is 59.1 Å². The smallest absolute Gasteiger partial charge is 0.243 e. The Morgan fingerprint density at radius 2 is 1.80 bits per heavy atom. The topological polar surface area (TPSA) is 78.5 Å². The zero-order chi connectivity index (χ0) is 15.9. The number of carbonyl (C=O) groups is 3. The first kappa shape index (κ1) is 19.3. The molecule has 0 spiro atoms. The van der Waals surface area contributed by atoms with Crippen molar-refractivity contribution in [3.05, 3.63) is 0 Å². The zero-order valence-corrected chi connectivity index (χ0v) is 14.9. The summed E-state index contributed by atoms with van der Waals surface area (Å²) in [6.07, 6.45) is 0.0252. The van der Waals surface area contributed by atoms with Crippen LogP contribution < -0.4 is 10.6 Å². The van der Waals surface area contributed by atoms with Crippen LogP contribution in [0.1, 0.15) is 27.2 Å². The molecule has 6 nitrogen and oxygen atoms in total. The lowest BCUT2D eigenvalue weighted by Gasteiger charge is -2.27. The van der Waals surface area contributed by atoms with Gasteiger partial charge in [-0.25, -0.2) is 0 Å².